The molecule has 19 heavy (non-hydrogen) atoms. The maximum absolute atomic E-state index is 12.2. The van der Waals surface area contributed by atoms with Crippen LogP contribution in [0.2, 0.25) is 0 Å². The third kappa shape index (κ3) is 4.35. The van der Waals surface area contributed by atoms with E-state index in [1.54, 1.807) is 4.90 Å². The molecule has 2 atom stereocenters. The molecule has 0 bridgehead atoms. The summed E-state index contributed by atoms with van der Waals surface area (Å²) in [7, 11) is 1.84. The molecule has 106 valence electrons. The number of carbonyl (C=O) groups is 1. The lowest BCUT2D eigenvalue weighted by Gasteiger charge is -2.26. The standard InChI is InChI=1S/C16H26N2O/c1-5-14(15-8-6-12(2)7-9-15)10-16(19)18(4)13(3)11-17/h6-9,13-14H,5,10-11,17H2,1-4H3. The van der Waals surface area contributed by atoms with Gasteiger partial charge in [-0.1, -0.05) is 36.8 Å². The van der Waals surface area contributed by atoms with Gasteiger partial charge in [-0.2, -0.15) is 0 Å². The number of nitrogens with zero attached hydrogens (tertiary/aromatic N) is 1. The second kappa shape index (κ2) is 7.29. The minimum absolute atomic E-state index is 0.100. The molecule has 0 heterocycles. The molecular weight excluding hydrogens is 236 g/mol. The molecule has 2 N–H and O–H groups in total. The first kappa shape index (κ1) is 15.7. The van der Waals surface area contributed by atoms with Gasteiger partial charge < -0.3 is 10.6 Å². The first-order valence-electron chi connectivity index (χ1n) is 7.01. The zero-order chi connectivity index (χ0) is 14.4. The molecule has 0 aliphatic rings. The summed E-state index contributed by atoms with van der Waals surface area (Å²) in [5.41, 5.74) is 8.10. The lowest BCUT2D eigenvalue weighted by molar-refractivity contribution is -0.131. The number of hydrogen-bond donors (Lipinski definition) is 1. The highest BCUT2D eigenvalue weighted by molar-refractivity contribution is 5.77. The molecule has 0 radical (unpaired) electrons. The molecule has 2 unspecified atom stereocenters. The average molecular weight is 262 g/mol. The molecule has 0 saturated heterocycles. The lowest BCUT2D eigenvalue weighted by Crippen LogP contribution is -2.40. The maximum Gasteiger partial charge on any atom is 0.223 e. The van der Waals surface area contributed by atoms with Gasteiger partial charge in [-0.15, -0.1) is 0 Å². The molecule has 0 aliphatic carbocycles. The van der Waals surface area contributed by atoms with E-state index in [2.05, 4.69) is 38.1 Å². The number of benzene rings is 1. The molecule has 3 heteroatoms. The van der Waals surface area contributed by atoms with E-state index >= 15 is 0 Å². The summed E-state index contributed by atoms with van der Waals surface area (Å²) < 4.78 is 0. The van der Waals surface area contributed by atoms with E-state index in [-0.39, 0.29) is 11.9 Å². The molecule has 1 rings (SSSR count). The summed E-state index contributed by atoms with van der Waals surface area (Å²) in [6.07, 6.45) is 1.53. The largest absolute Gasteiger partial charge is 0.342 e. The molecular formula is C16H26N2O. The molecule has 1 aromatic rings. The van der Waals surface area contributed by atoms with Crippen molar-refractivity contribution >= 4 is 5.91 Å². The van der Waals surface area contributed by atoms with Crippen molar-refractivity contribution in [2.24, 2.45) is 5.73 Å². The van der Waals surface area contributed by atoms with Crippen molar-refractivity contribution in [2.45, 2.75) is 45.6 Å². The Bertz CT molecular complexity index is 400. The number of amides is 1. The highest BCUT2D eigenvalue weighted by atomic mass is 16.2. The number of carbonyl (C=O) groups excluding carboxylic acids is 1. The topological polar surface area (TPSA) is 46.3 Å². The van der Waals surface area contributed by atoms with Crippen LogP contribution in [-0.2, 0) is 4.79 Å². The van der Waals surface area contributed by atoms with Crippen molar-refractivity contribution in [3.05, 3.63) is 35.4 Å². The van der Waals surface area contributed by atoms with E-state index in [1.165, 1.54) is 11.1 Å². The summed E-state index contributed by atoms with van der Waals surface area (Å²) in [6, 6.07) is 8.57. The van der Waals surface area contributed by atoms with Crippen LogP contribution in [0.5, 0.6) is 0 Å². The van der Waals surface area contributed by atoms with E-state index in [0.29, 0.717) is 18.9 Å². The van der Waals surface area contributed by atoms with E-state index in [9.17, 15) is 4.79 Å². The van der Waals surface area contributed by atoms with E-state index in [4.69, 9.17) is 5.73 Å². The fourth-order valence-corrected chi connectivity index (χ4v) is 2.10. The van der Waals surface area contributed by atoms with Gasteiger partial charge in [-0.3, -0.25) is 4.79 Å². The normalized spacial score (nSPS) is 13.9. The minimum atomic E-state index is 0.100. The van der Waals surface area contributed by atoms with Crippen LogP contribution in [0.1, 0.15) is 43.7 Å². The SMILES string of the molecule is CCC(CC(=O)N(C)C(C)CN)c1ccc(C)cc1. The summed E-state index contributed by atoms with van der Waals surface area (Å²) in [5, 5.41) is 0. The van der Waals surface area contributed by atoms with Gasteiger partial charge in [0, 0.05) is 26.1 Å². The van der Waals surface area contributed by atoms with Crippen molar-refractivity contribution in [3.8, 4) is 0 Å². The number of hydrogen-bond acceptors (Lipinski definition) is 2. The second-order valence-corrected chi connectivity index (χ2v) is 5.31. The minimum Gasteiger partial charge on any atom is -0.342 e. The summed E-state index contributed by atoms with van der Waals surface area (Å²) in [4.78, 5) is 14.0. The lowest BCUT2D eigenvalue weighted by atomic mass is 9.92. The van der Waals surface area contributed by atoms with Gasteiger partial charge in [-0.25, -0.2) is 0 Å². The monoisotopic (exact) mass is 262 g/mol. The summed E-state index contributed by atoms with van der Waals surface area (Å²) in [5.74, 6) is 0.464. The Labute approximate surface area is 116 Å². The predicted octanol–water partition coefficient (Wildman–Crippen LogP) is 2.68. The van der Waals surface area contributed by atoms with Crippen molar-refractivity contribution in [2.75, 3.05) is 13.6 Å². The number of nitrogens with two attached hydrogens (primary N) is 1. The van der Waals surface area contributed by atoms with Crippen LogP contribution in [0, 0.1) is 6.92 Å². The van der Waals surface area contributed by atoms with Gasteiger partial charge in [0.25, 0.3) is 0 Å². The molecule has 0 fully saturated rings. The molecule has 3 nitrogen and oxygen atoms in total. The van der Waals surface area contributed by atoms with Crippen LogP contribution < -0.4 is 5.73 Å². The van der Waals surface area contributed by atoms with Crippen LogP contribution in [0.25, 0.3) is 0 Å². The first-order valence-corrected chi connectivity index (χ1v) is 7.01. The Hall–Kier alpha value is -1.35. The van der Waals surface area contributed by atoms with Crippen LogP contribution in [-0.4, -0.2) is 30.4 Å². The van der Waals surface area contributed by atoms with Crippen molar-refractivity contribution in [1.29, 1.82) is 0 Å². The Kier molecular flexibility index (Phi) is 6.03. The van der Waals surface area contributed by atoms with Gasteiger partial charge >= 0.3 is 0 Å². The number of likely N-dealkylation sites (N-methyl/N-ethyl adjacent to an activating group) is 1. The first-order chi connectivity index (χ1) is 8.99. The van der Waals surface area contributed by atoms with Crippen molar-refractivity contribution < 1.29 is 4.79 Å². The van der Waals surface area contributed by atoms with Crippen molar-refractivity contribution in [3.63, 3.8) is 0 Å². The van der Waals surface area contributed by atoms with Gasteiger partial charge in [0.15, 0.2) is 0 Å². The van der Waals surface area contributed by atoms with Crippen LogP contribution in [0.3, 0.4) is 0 Å². The molecule has 1 aromatic carbocycles. The summed E-state index contributed by atoms with van der Waals surface area (Å²) in [6.45, 7) is 6.69. The fraction of sp³-hybridized carbons (Fsp3) is 0.562. The number of aryl methyl sites for hydroxylation is 1. The van der Waals surface area contributed by atoms with Crippen LogP contribution >= 0.6 is 0 Å². The Morgan fingerprint density at radius 3 is 2.37 bits per heavy atom. The second-order valence-electron chi connectivity index (χ2n) is 5.31. The average Bonchev–Trinajstić information content (AvgIpc) is 2.43. The highest BCUT2D eigenvalue weighted by Crippen LogP contribution is 2.24. The number of rotatable bonds is 6. The van der Waals surface area contributed by atoms with Gasteiger partial charge in [-0.05, 0) is 31.7 Å². The smallest absolute Gasteiger partial charge is 0.223 e. The zero-order valence-electron chi connectivity index (χ0n) is 12.5. The van der Waals surface area contributed by atoms with E-state index < -0.39 is 0 Å². The van der Waals surface area contributed by atoms with E-state index in [1.807, 2.05) is 14.0 Å². The van der Waals surface area contributed by atoms with Gasteiger partial charge in [0.05, 0.1) is 0 Å². The molecule has 0 aromatic heterocycles. The van der Waals surface area contributed by atoms with Crippen LogP contribution in [0.15, 0.2) is 24.3 Å². The molecule has 0 saturated carbocycles. The quantitative estimate of drug-likeness (QED) is 0.856. The zero-order valence-corrected chi connectivity index (χ0v) is 12.5. The van der Waals surface area contributed by atoms with Crippen LogP contribution in [0.4, 0.5) is 0 Å². The third-order valence-electron chi connectivity index (χ3n) is 3.86. The molecule has 1 amide bonds. The Morgan fingerprint density at radius 1 is 1.32 bits per heavy atom. The highest BCUT2D eigenvalue weighted by Gasteiger charge is 2.19. The van der Waals surface area contributed by atoms with E-state index in [0.717, 1.165) is 6.42 Å². The molecule has 0 aliphatic heterocycles. The van der Waals surface area contributed by atoms with Gasteiger partial charge in [0.1, 0.15) is 0 Å². The summed E-state index contributed by atoms with van der Waals surface area (Å²) >= 11 is 0. The Morgan fingerprint density at radius 2 is 1.89 bits per heavy atom. The fourth-order valence-electron chi connectivity index (χ4n) is 2.10. The molecule has 0 spiro atoms. The van der Waals surface area contributed by atoms with Gasteiger partial charge in [0.2, 0.25) is 5.91 Å². The maximum atomic E-state index is 12.2. The van der Waals surface area contributed by atoms with Crippen molar-refractivity contribution in [1.82, 2.24) is 4.90 Å². The Balaban J connectivity index is 2.72. The predicted molar refractivity (Wildman–Crippen MR) is 80.1 cm³/mol. The third-order valence-corrected chi connectivity index (χ3v) is 3.86.